The molecule has 1 amide bonds. The fourth-order valence-electron chi connectivity index (χ4n) is 1.82. The molecule has 1 aromatic heterocycles. The SMILES string of the molecule is CC(C)(C)OC(=O)N(c1cccc(C(=O)O)c1)c1cnccn1. The highest BCUT2D eigenvalue weighted by atomic mass is 16.6. The zero-order valence-electron chi connectivity index (χ0n) is 13.1. The van der Waals surface area contributed by atoms with Gasteiger partial charge in [-0.15, -0.1) is 0 Å². The summed E-state index contributed by atoms with van der Waals surface area (Å²) in [6.45, 7) is 5.23. The zero-order chi connectivity index (χ0) is 17.0. The lowest BCUT2D eigenvalue weighted by Crippen LogP contribution is -2.34. The maximum absolute atomic E-state index is 12.5. The molecule has 0 aliphatic rings. The van der Waals surface area contributed by atoms with Crippen molar-refractivity contribution in [1.82, 2.24) is 9.97 Å². The Morgan fingerprint density at radius 2 is 1.96 bits per heavy atom. The van der Waals surface area contributed by atoms with Crippen molar-refractivity contribution in [2.45, 2.75) is 26.4 Å². The molecule has 0 saturated carbocycles. The molecule has 0 radical (unpaired) electrons. The van der Waals surface area contributed by atoms with Crippen LogP contribution in [0.3, 0.4) is 0 Å². The number of rotatable bonds is 3. The minimum absolute atomic E-state index is 0.0555. The van der Waals surface area contributed by atoms with Gasteiger partial charge in [0.25, 0.3) is 0 Å². The van der Waals surface area contributed by atoms with E-state index in [4.69, 9.17) is 9.84 Å². The molecule has 0 saturated heterocycles. The summed E-state index contributed by atoms with van der Waals surface area (Å²) in [7, 11) is 0. The summed E-state index contributed by atoms with van der Waals surface area (Å²) < 4.78 is 5.38. The average Bonchev–Trinajstić information content (AvgIpc) is 2.47. The van der Waals surface area contributed by atoms with E-state index in [1.54, 1.807) is 32.9 Å². The van der Waals surface area contributed by atoms with Crippen molar-refractivity contribution in [3.05, 3.63) is 48.4 Å². The first-order chi connectivity index (χ1) is 10.8. The van der Waals surface area contributed by atoms with Gasteiger partial charge in [0.2, 0.25) is 0 Å². The zero-order valence-corrected chi connectivity index (χ0v) is 13.1. The Morgan fingerprint density at radius 3 is 2.52 bits per heavy atom. The standard InChI is InChI=1S/C16H17N3O4/c1-16(2,3)23-15(22)19(13-10-17-7-8-18-13)12-6-4-5-11(9-12)14(20)21/h4-10H,1-3H3,(H,20,21). The molecule has 0 aliphatic carbocycles. The van der Waals surface area contributed by atoms with Crippen LogP contribution in [0.4, 0.5) is 16.3 Å². The lowest BCUT2D eigenvalue weighted by atomic mass is 10.2. The molecular formula is C16H17N3O4. The van der Waals surface area contributed by atoms with E-state index in [2.05, 4.69) is 9.97 Å². The molecule has 23 heavy (non-hydrogen) atoms. The molecule has 7 heteroatoms. The number of ether oxygens (including phenoxy) is 1. The maximum atomic E-state index is 12.5. The van der Waals surface area contributed by atoms with Crippen LogP contribution < -0.4 is 4.90 Å². The van der Waals surface area contributed by atoms with E-state index < -0.39 is 17.7 Å². The van der Waals surface area contributed by atoms with Crippen LogP contribution in [0.5, 0.6) is 0 Å². The third kappa shape index (κ3) is 4.26. The number of nitrogens with zero attached hydrogens (tertiary/aromatic N) is 3. The number of amides is 1. The van der Waals surface area contributed by atoms with Crippen molar-refractivity contribution >= 4 is 23.6 Å². The molecular weight excluding hydrogens is 298 g/mol. The van der Waals surface area contributed by atoms with Gasteiger partial charge in [0.05, 0.1) is 17.4 Å². The second-order valence-corrected chi connectivity index (χ2v) is 5.73. The number of hydrogen-bond acceptors (Lipinski definition) is 5. The Labute approximate surface area is 133 Å². The minimum atomic E-state index is -1.09. The molecule has 120 valence electrons. The fraction of sp³-hybridized carbons (Fsp3) is 0.250. The molecule has 1 N–H and O–H groups in total. The molecule has 1 heterocycles. The molecule has 1 aromatic carbocycles. The van der Waals surface area contributed by atoms with E-state index in [1.165, 1.54) is 35.6 Å². The Bertz CT molecular complexity index is 711. The van der Waals surface area contributed by atoms with Gasteiger partial charge >= 0.3 is 12.1 Å². The highest BCUT2D eigenvalue weighted by Gasteiger charge is 2.26. The lowest BCUT2D eigenvalue weighted by molar-refractivity contribution is 0.0596. The van der Waals surface area contributed by atoms with E-state index in [9.17, 15) is 9.59 Å². The van der Waals surface area contributed by atoms with Gasteiger partial charge in [0.15, 0.2) is 5.82 Å². The van der Waals surface area contributed by atoms with Crippen LogP contribution in [0.15, 0.2) is 42.9 Å². The molecule has 0 aliphatic heterocycles. The number of carbonyl (C=O) groups excluding carboxylic acids is 1. The van der Waals surface area contributed by atoms with E-state index in [0.29, 0.717) is 5.69 Å². The summed E-state index contributed by atoms with van der Waals surface area (Å²) >= 11 is 0. The van der Waals surface area contributed by atoms with Crippen molar-refractivity contribution in [1.29, 1.82) is 0 Å². The summed E-state index contributed by atoms with van der Waals surface area (Å²) in [5.41, 5.74) is -0.318. The molecule has 2 rings (SSSR count). The van der Waals surface area contributed by atoms with Gasteiger partial charge in [0.1, 0.15) is 5.60 Å². The molecule has 0 fully saturated rings. The van der Waals surface area contributed by atoms with Gasteiger partial charge in [-0.25, -0.2) is 19.5 Å². The van der Waals surface area contributed by atoms with Crippen LogP contribution >= 0.6 is 0 Å². The van der Waals surface area contributed by atoms with Crippen molar-refractivity contribution in [2.75, 3.05) is 4.90 Å². The van der Waals surface area contributed by atoms with Crippen molar-refractivity contribution in [3.8, 4) is 0 Å². The Morgan fingerprint density at radius 1 is 1.22 bits per heavy atom. The second-order valence-electron chi connectivity index (χ2n) is 5.73. The van der Waals surface area contributed by atoms with Crippen LogP contribution in [0.25, 0.3) is 0 Å². The molecule has 2 aromatic rings. The number of carbonyl (C=O) groups is 2. The molecule has 0 unspecified atom stereocenters. The normalized spacial score (nSPS) is 10.9. The van der Waals surface area contributed by atoms with E-state index in [0.717, 1.165) is 0 Å². The van der Waals surface area contributed by atoms with E-state index >= 15 is 0 Å². The third-order valence-electron chi connectivity index (χ3n) is 2.71. The number of carboxylic acids is 1. The summed E-state index contributed by atoms with van der Waals surface area (Å²) in [6.07, 6.45) is 3.65. The van der Waals surface area contributed by atoms with Gasteiger partial charge < -0.3 is 9.84 Å². The highest BCUT2D eigenvalue weighted by Crippen LogP contribution is 2.26. The molecule has 0 spiro atoms. The monoisotopic (exact) mass is 315 g/mol. The predicted molar refractivity (Wildman–Crippen MR) is 83.8 cm³/mol. The maximum Gasteiger partial charge on any atom is 0.420 e. The van der Waals surface area contributed by atoms with E-state index in [1.807, 2.05) is 0 Å². The van der Waals surface area contributed by atoms with Crippen molar-refractivity contribution < 1.29 is 19.4 Å². The largest absolute Gasteiger partial charge is 0.478 e. The topological polar surface area (TPSA) is 92.6 Å². The number of anilines is 2. The highest BCUT2D eigenvalue weighted by molar-refractivity contribution is 5.97. The average molecular weight is 315 g/mol. The number of aromatic nitrogens is 2. The van der Waals surface area contributed by atoms with Gasteiger partial charge in [-0.2, -0.15) is 0 Å². The van der Waals surface area contributed by atoms with Crippen LogP contribution in [-0.4, -0.2) is 32.7 Å². The fourth-order valence-corrected chi connectivity index (χ4v) is 1.82. The van der Waals surface area contributed by atoms with Crippen LogP contribution in [0.2, 0.25) is 0 Å². The lowest BCUT2D eigenvalue weighted by Gasteiger charge is -2.26. The number of carboxylic acid groups (broad SMARTS) is 1. The first-order valence-electron chi connectivity index (χ1n) is 6.90. The van der Waals surface area contributed by atoms with Crippen molar-refractivity contribution in [3.63, 3.8) is 0 Å². The summed E-state index contributed by atoms with van der Waals surface area (Å²) in [5, 5.41) is 9.12. The Hall–Kier alpha value is -2.96. The van der Waals surface area contributed by atoms with Gasteiger partial charge in [0, 0.05) is 12.4 Å². The van der Waals surface area contributed by atoms with Gasteiger partial charge in [-0.05, 0) is 39.0 Å². The quantitative estimate of drug-likeness (QED) is 0.934. The smallest absolute Gasteiger partial charge is 0.420 e. The van der Waals surface area contributed by atoms with Gasteiger partial charge in [-0.3, -0.25) is 4.98 Å². The van der Waals surface area contributed by atoms with Gasteiger partial charge in [-0.1, -0.05) is 6.07 Å². The number of hydrogen-bond donors (Lipinski definition) is 1. The van der Waals surface area contributed by atoms with Crippen LogP contribution in [-0.2, 0) is 4.74 Å². The minimum Gasteiger partial charge on any atom is -0.478 e. The molecule has 7 nitrogen and oxygen atoms in total. The number of benzene rings is 1. The second kappa shape index (κ2) is 6.43. The van der Waals surface area contributed by atoms with Crippen LogP contribution in [0, 0.1) is 0 Å². The Balaban J connectivity index is 2.48. The van der Waals surface area contributed by atoms with Crippen molar-refractivity contribution in [2.24, 2.45) is 0 Å². The summed E-state index contributed by atoms with van der Waals surface area (Å²) in [5.74, 6) is -0.848. The predicted octanol–water partition coefficient (Wildman–Crippen LogP) is 3.25. The van der Waals surface area contributed by atoms with Crippen LogP contribution in [0.1, 0.15) is 31.1 Å². The van der Waals surface area contributed by atoms with E-state index in [-0.39, 0.29) is 11.4 Å². The first-order valence-corrected chi connectivity index (χ1v) is 6.90. The molecule has 0 bridgehead atoms. The number of aromatic carboxylic acids is 1. The first kappa shape index (κ1) is 16.4. The molecule has 0 atom stereocenters. The third-order valence-corrected chi connectivity index (χ3v) is 2.71. The summed E-state index contributed by atoms with van der Waals surface area (Å²) in [6, 6.07) is 5.97. The Kier molecular flexibility index (Phi) is 4.59. The summed E-state index contributed by atoms with van der Waals surface area (Å²) in [4.78, 5) is 32.9.